The number of aliphatic imine (C=N–C) groups is 1. The zero-order valence-electron chi connectivity index (χ0n) is 10.7. The fourth-order valence-corrected chi connectivity index (χ4v) is 1.39. The van der Waals surface area contributed by atoms with E-state index in [1.165, 1.54) is 0 Å². The second-order valence-electron chi connectivity index (χ2n) is 4.07. The number of hydrogen-bond donors (Lipinski definition) is 0. The number of carbonyl (C=O) groups is 1. The lowest BCUT2D eigenvalue weighted by molar-refractivity contribution is -0.139. The number of unbranched alkanes of at least 4 members (excludes halogenated alkanes) is 1. The van der Waals surface area contributed by atoms with Crippen molar-refractivity contribution in [2.24, 2.45) is 4.99 Å². The van der Waals surface area contributed by atoms with Crippen molar-refractivity contribution in [3.63, 3.8) is 0 Å². The third-order valence-corrected chi connectivity index (χ3v) is 2.39. The van der Waals surface area contributed by atoms with Crippen LogP contribution >= 0.6 is 0 Å². The summed E-state index contributed by atoms with van der Waals surface area (Å²) in [6.07, 6.45) is 6.06. The lowest BCUT2D eigenvalue weighted by Gasteiger charge is -2.10. The van der Waals surface area contributed by atoms with Crippen molar-refractivity contribution in [3.8, 4) is 0 Å². The Morgan fingerprint density at radius 1 is 1.41 bits per heavy atom. The molecule has 0 aliphatic heterocycles. The van der Waals surface area contributed by atoms with E-state index in [0.29, 0.717) is 18.6 Å². The Bertz CT molecular complexity index is 293. The quantitative estimate of drug-likeness (QED) is 0.204. The molecule has 0 amide bonds. The highest BCUT2D eigenvalue weighted by atomic mass is 16.5. The smallest absolute Gasteiger partial charge is 0.333 e. The van der Waals surface area contributed by atoms with Gasteiger partial charge in [0, 0.05) is 5.57 Å². The number of esters is 1. The van der Waals surface area contributed by atoms with Gasteiger partial charge in [-0.2, -0.15) is 0 Å². The fraction of sp³-hybridized carbons (Fsp3) is 0.692. The summed E-state index contributed by atoms with van der Waals surface area (Å²) in [5.74, 6) is -0.367. The minimum absolute atomic E-state index is 0.0102. The monoisotopic (exact) mass is 239 g/mol. The van der Waals surface area contributed by atoms with Crippen LogP contribution in [0.2, 0.25) is 0 Å². The van der Waals surface area contributed by atoms with Crippen molar-refractivity contribution in [1.29, 1.82) is 0 Å². The van der Waals surface area contributed by atoms with E-state index in [4.69, 9.17) is 4.74 Å². The molecule has 4 heteroatoms. The molecule has 0 aromatic carbocycles. The van der Waals surface area contributed by atoms with Crippen LogP contribution in [0.3, 0.4) is 0 Å². The van der Waals surface area contributed by atoms with Crippen LogP contribution in [0.25, 0.3) is 0 Å². The van der Waals surface area contributed by atoms with Crippen LogP contribution in [-0.2, 0) is 14.3 Å². The molecule has 4 nitrogen and oxygen atoms in total. The Morgan fingerprint density at radius 2 is 2.06 bits per heavy atom. The molecule has 0 aromatic heterocycles. The zero-order valence-corrected chi connectivity index (χ0v) is 10.7. The number of hydrogen-bond acceptors (Lipinski definition) is 4. The molecule has 0 heterocycles. The van der Waals surface area contributed by atoms with Gasteiger partial charge >= 0.3 is 5.97 Å². The maximum Gasteiger partial charge on any atom is 0.333 e. The van der Waals surface area contributed by atoms with Gasteiger partial charge in [0.25, 0.3) is 0 Å². The summed E-state index contributed by atoms with van der Waals surface area (Å²) < 4.78 is 4.96. The molecule has 0 rings (SSSR count). The number of ether oxygens (including phenoxy) is 1. The first-order valence-electron chi connectivity index (χ1n) is 6.01. The Morgan fingerprint density at radius 3 is 2.59 bits per heavy atom. The van der Waals surface area contributed by atoms with Gasteiger partial charge in [-0.15, -0.1) is 0 Å². The highest BCUT2D eigenvalue weighted by molar-refractivity contribution is 5.86. The number of carbonyl (C=O) groups excluding carboxylic acids is 2. The van der Waals surface area contributed by atoms with Gasteiger partial charge in [0.2, 0.25) is 6.08 Å². The Balaban J connectivity index is 3.78. The van der Waals surface area contributed by atoms with Crippen molar-refractivity contribution in [1.82, 2.24) is 0 Å². The van der Waals surface area contributed by atoms with Crippen LogP contribution in [-0.4, -0.2) is 24.7 Å². The van der Waals surface area contributed by atoms with Crippen LogP contribution in [0.4, 0.5) is 0 Å². The van der Waals surface area contributed by atoms with E-state index in [1.807, 2.05) is 0 Å². The molecule has 0 spiro atoms. The lowest BCUT2D eigenvalue weighted by Crippen LogP contribution is -2.10. The average Bonchev–Trinajstić information content (AvgIpc) is 2.30. The SMILES string of the molecule is C=C(C)C(=O)OCCCC(CCCC)N=C=O. The summed E-state index contributed by atoms with van der Waals surface area (Å²) in [7, 11) is 0. The minimum Gasteiger partial charge on any atom is -0.462 e. The summed E-state index contributed by atoms with van der Waals surface area (Å²) >= 11 is 0. The van der Waals surface area contributed by atoms with Crippen molar-refractivity contribution >= 4 is 12.0 Å². The summed E-state index contributed by atoms with van der Waals surface area (Å²) in [4.78, 5) is 25.0. The third kappa shape index (κ3) is 8.40. The molecule has 96 valence electrons. The summed E-state index contributed by atoms with van der Waals surface area (Å²) in [6.45, 7) is 7.55. The van der Waals surface area contributed by atoms with Crippen LogP contribution in [0, 0.1) is 0 Å². The van der Waals surface area contributed by atoms with E-state index in [0.717, 1.165) is 25.7 Å². The van der Waals surface area contributed by atoms with E-state index in [9.17, 15) is 9.59 Å². The third-order valence-electron chi connectivity index (χ3n) is 2.39. The highest BCUT2D eigenvalue weighted by Gasteiger charge is 2.07. The zero-order chi connectivity index (χ0) is 13.1. The normalized spacial score (nSPS) is 11.4. The van der Waals surface area contributed by atoms with Crippen molar-refractivity contribution in [3.05, 3.63) is 12.2 Å². The van der Waals surface area contributed by atoms with Gasteiger partial charge < -0.3 is 4.74 Å². The molecule has 0 radical (unpaired) electrons. The van der Waals surface area contributed by atoms with Gasteiger partial charge in [0.05, 0.1) is 12.6 Å². The second-order valence-corrected chi connectivity index (χ2v) is 4.07. The maximum absolute atomic E-state index is 11.1. The molecule has 0 aliphatic rings. The topological polar surface area (TPSA) is 55.7 Å². The molecule has 1 atom stereocenters. The molecule has 17 heavy (non-hydrogen) atoms. The van der Waals surface area contributed by atoms with Gasteiger partial charge in [0.1, 0.15) is 0 Å². The molecule has 0 bridgehead atoms. The van der Waals surface area contributed by atoms with Crippen molar-refractivity contribution in [2.75, 3.05) is 6.61 Å². The summed E-state index contributed by atoms with van der Waals surface area (Å²) in [5, 5.41) is 0. The molecule has 0 aliphatic carbocycles. The Labute approximate surface area is 103 Å². The molecular weight excluding hydrogens is 218 g/mol. The second kappa shape index (κ2) is 9.79. The van der Waals surface area contributed by atoms with Crippen LogP contribution in [0.15, 0.2) is 17.1 Å². The van der Waals surface area contributed by atoms with Crippen LogP contribution in [0.5, 0.6) is 0 Å². The van der Waals surface area contributed by atoms with Gasteiger partial charge in [-0.1, -0.05) is 26.3 Å². The fourth-order valence-electron chi connectivity index (χ4n) is 1.39. The Kier molecular flexibility index (Phi) is 8.98. The summed E-state index contributed by atoms with van der Waals surface area (Å²) in [6, 6.07) is 0.0102. The Hall–Kier alpha value is -1.41. The van der Waals surface area contributed by atoms with E-state index in [2.05, 4.69) is 18.5 Å². The summed E-state index contributed by atoms with van der Waals surface area (Å²) in [5.41, 5.74) is 0.401. The van der Waals surface area contributed by atoms with E-state index < -0.39 is 0 Å². The first-order chi connectivity index (χ1) is 8.11. The predicted octanol–water partition coefficient (Wildman–Crippen LogP) is 2.78. The van der Waals surface area contributed by atoms with Crippen molar-refractivity contribution < 1.29 is 14.3 Å². The van der Waals surface area contributed by atoms with Gasteiger partial charge in [-0.3, -0.25) is 0 Å². The molecule has 0 saturated carbocycles. The number of nitrogens with zero attached hydrogens (tertiary/aromatic N) is 1. The lowest BCUT2D eigenvalue weighted by atomic mass is 10.1. The van der Waals surface area contributed by atoms with E-state index in [-0.39, 0.29) is 12.0 Å². The van der Waals surface area contributed by atoms with Gasteiger partial charge in [-0.25, -0.2) is 14.6 Å². The molecule has 0 aromatic rings. The van der Waals surface area contributed by atoms with Gasteiger partial charge in [0.15, 0.2) is 0 Å². The largest absolute Gasteiger partial charge is 0.462 e. The van der Waals surface area contributed by atoms with Crippen molar-refractivity contribution in [2.45, 2.75) is 52.0 Å². The molecule has 0 saturated heterocycles. The van der Waals surface area contributed by atoms with E-state index >= 15 is 0 Å². The molecule has 1 unspecified atom stereocenters. The first-order valence-corrected chi connectivity index (χ1v) is 6.01. The predicted molar refractivity (Wildman–Crippen MR) is 66.4 cm³/mol. The maximum atomic E-state index is 11.1. The highest BCUT2D eigenvalue weighted by Crippen LogP contribution is 2.10. The molecule has 0 fully saturated rings. The molecular formula is C13H21NO3. The van der Waals surface area contributed by atoms with Crippen LogP contribution in [0.1, 0.15) is 46.0 Å². The molecule has 0 N–H and O–H groups in total. The minimum atomic E-state index is -0.367. The van der Waals surface area contributed by atoms with Crippen LogP contribution < -0.4 is 0 Å². The average molecular weight is 239 g/mol. The first kappa shape index (κ1) is 15.6. The van der Waals surface area contributed by atoms with Gasteiger partial charge in [-0.05, 0) is 26.2 Å². The van der Waals surface area contributed by atoms with E-state index in [1.54, 1.807) is 13.0 Å². The number of rotatable bonds is 9. The standard InChI is InChI=1S/C13H21NO3/c1-4-5-7-12(14-10-15)8-6-9-17-13(16)11(2)3/h12H,2,4-9H2,1,3H3. The number of isocyanates is 1.